The van der Waals surface area contributed by atoms with Gasteiger partial charge in [-0.15, -0.1) is 23.5 Å². The van der Waals surface area contributed by atoms with Gasteiger partial charge in [-0.2, -0.15) is 0 Å². The third-order valence-corrected chi connectivity index (χ3v) is 5.38. The predicted molar refractivity (Wildman–Crippen MR) is 87.2 cm³/mol. The second-order valence-electron chi connectivity index (χ2n) is 4.35. The maximum absolute atomic E-state index is 5.65. The van der Waals surface area contributed by atoms with E-state index in [9.17, 15) is 0 Å². The maximum atomic E-state index is 5.65. The molecule has 2 heterocycles. The van der Waals surface area contributed by atoms with Crippen LogP contribution in [0.3, 0.4) is 0 Å². The van der Waals surface area contributed by atoms with Crippen LogP contribution in [0.15, 0.2) is 34.6 Å². The first kappa shape index (κ1) is 13.8. The number of allylic oxidation sites excluding steroid dienone is 1. The average molecular weight is 304 g/mol. The second kappa shape index (κ2) is 6.50. The second-order valence-corrected chi connectivity index (χ2v) is 6.76. The highest BCUT2D eigenvalue weighted by molar-refractivity contribution is 8.22. The van der Waals surface area contributed by atoms with Crippen molar-refractivity contribution < 1.29 is 4.74 Å². The van der Waals surface area contributed by atoms with Crippen LogP contribution >= 0.6 is 23.5 Å². The van der Waals surface area contributed by atoms with Crippen molar-refractivity contribution in [3.63, 3.8) is 0 Å². The molecule has 20 heavy (non-hydrogen) atoms. The molecule has 1 aromatic heterocycles. The summed E-state index contributed by atoms with van der Waals surface area (Å²) < 4.78 is 7.04. The molecular formula is C15H16N2OS2. The molecule has 0 N–H and O–H groups in total. The molecule has 1 aliphatic rings. The van der Waals surface area contributed by atoms with Crippen LogP contribution in [0.4, 0.5) is 0 Å². The van der Waals surface area contributed by atoms with Gasteiger partial charge in [-0.25, -0.2) is 9.97 Å². The van der Waals surface area contributed by atoms with Crippen LogP contribution in [0, 0.1) is 0 Å². The van der Waals surface area contributed by atoms with Crippen LogP contribution in [0.5, 0.6) is 5.88 Å². The molecule has 0 saturated heterocycles. The molecule has 0 spiro atoms. The Hall–Kier alpha value is -1.20. The van der Waals surface area contributed by atoms with Crippen LogP contribution in [-0.4, -0.2) is 22.3 Å². The standard InChI is InChI=1S/C15H16N2OS2/c1-2-18-15-13(10-20-14-8-5-9-19-14)16-11-6-3-4-7-12(11)17-15/h3-4,6-8H,2,5,9-10H2,1H3. The summed E-state index contributed by atoms with van der Waals surface area (Å²) in [6, 6.07) is 7.93. The van der Waals surface area contributed by atoms with Crippen molar-refractivity contribution in [2.75, 3.05) is 12.4 Å². The lowest BCUT2D eigenvalue weighted by Gasteiger charge is -2.09. The summed E-state index contributed by atoms with van der Waals surface area (Å²) in [5, 5.41) is 0. The fourth-order valence-electron chi connectivity index (χ4n) is 2.00. The Bertz CT molecular complexity index is 643. The summed E-state index contributed by atoms with van der Waals surface area (Å²) in [7, 11) is 0. The van der Waals surface area contributed by atoms with Gasteiger partial charge in [0.05, 0.1) is 17.6 Å². The Morgan fingerprint density at radius 1 is 1.25 bits per heavy atom. The molecule has 0 atom stereocenters. The van der Waals surface area contributed by atoms with Gasteiger partial charge in [0, 0.05) is 15.7 Å². The normalized spacial score (nSPS) is 14.6. The van der Waals surface area contributed by atoms with E-state index in [-0.39, 0.29) is 0 Å². The van der Waals surface area contributed by atoms with Crippen molar-refractivity contribution >= 4 is 34.6 Å². The topological polar surface area (TPSA) is 35.0 Å². The number of hydrogen-bond acceptors (Lipinski definition) is 5. The first-order valence-corrected chi connectivity index (χ1v) is 8.68. The number of benzene rings is 1. The number of ether oxygens (including phenoxy) is 1. The Morgan fingerprint density at radius 2 is 2.05 bits per heavy atom. The number of aromatic nitrogens is 2. The number of fused-ring (bicyclic) bond motifs is 1. The van der Waals surface area contributed by atoms with Crippen LogP contribution in [0.25, 0.3) is 11.0 Å². The van der Waals surface area contributed by atoms with Gasteiger partial charge in [-0.1, -0.05) is 18.2 Å². The molecule has 3 rings (SSSR count). The van der Waals surface area contributed by atoms with Gasteiger partial charge in [-0.05, 0) is 25.5 Å². The number of thioether (sulfide) groups is 2. The van der Waals surface area contributed by atoms with E-state index in [0.717, 1.165) is 22.5 Å². The molecule has 0 unspecified atom stereocenters. The molecule has 2 aromatic rings. The Morgan fingerprint density at radius 3 is 2.75 bits per heavy atom. The van der Waals surface area contributed by atoms with Crippen molar-refractivity contribution in [2.45, 2.75) is 19.1 Å². The van der Waals surface area contributed by atoms with Gasteiger partial charge in [0.1, 0.15) is 5.69 Å². The van der Waals surface area contributed by atoms with Gasteiger partial charge in [0.25, 0.3) is 0 Å². The zero-order chi connectivity index (χ0) is 13.8. The van der Waals surface area contributed by atoms with E-state index < -0.39 is 0 Å². The summed E-state index contributed by atoms with van der Waals surface area (Å²) in [6.07, 6.45) is 3.47. The molecule has 0 amide bonds. The summed E-state index contributed by atoms with van der Waals surface area (Å²) in [4.78, 5) is 9.30. The minimum Gasteiger partial charge on any atom is -0.477 e. The van der Waals surface area contributed by atoms with Crippen LogP contribution in [0.1, 0.15) is 19.0 Å². The number of para-hydroxylation sites is 2. The highest BCUT2D eigenvalue weighted by Crippen LogP contribution is 2.37. The number of nitrogens with zero attached hydrogens (tertiary/aromatic N) is 2. The van der Waals surface area contributed by atoms with Crippen molar-refractivity contribution in [1.82, 2.24) is 9.97 Å². The van der Waals surface area contributed by atoms with Gasteiger partial charge in [-0.3, -0.25) is 0 Å². The van der Waals surface area contributed by atoms with Crippen LogP contribution < -0.4 is 4.74 Å². The molecule has 0 radical (unpaired) electrons. The average Bonchev–Trinajstić information content (AvgIpc) is 2.98. The Labute approximate surface area is 127 Å². The quantitative estimate of drug-likeness (QED) is 0.825. The van der Waals surface area contributed by atoms with Crippen LogP contribution in [0.2, 0.25) is 0 Å². The molecule has 0 aliphatic carbocycles. The molecule has 0 bridgehead atoms. The zero-order valence-electron chi connectivity index (χ0n) is 11.3. The van der Waals surface area contributed by atoms with Crippen molar-refractivity contribution in [2.24, 2.45) is 0 Å². The summed E-state index contributed by atoms with van der Waals surface area (Å²) in [5.74, 6) is 2.68. The van der Waals surface area contributed by atoms with Gasteiger partial charge in [0.2, 0.25) is 5.88 Å². The van der Waals surface area contributed by atoms with E-state index >= 15 is 0 Å². The summed E-state index contributed by atoms with van der Waals surface area (Å²) >= 11 is 3.75. The summed E-state index contributed by atoms with van der Waals surface area (Å²) in [6.45, 7) is 2.59. The first-order valence-electron chi connectivity index (χ1n) is 6.71. The molecule has 5 heteroatoms. The van der Waals surface area contributed by atoms with Crippen molar-refractivity contribution in [3.05, 3.63) is 40.3 Å². The largest absolute Gasteiger partial charge is 0.477 e. The van der Waals surface area contributed by atoms with Crippen LogP contribution in [-0.2, 0) is 5.75 Å². The number of hydrogen-bond donors (Lipinski definition) is 0. The van der Waals surface area contributed by atoms with E-state index in [1.165, 1.54) is 16.4 Å². The third kappa shape index (κ3) is 3.10. The lowest BCUT2D eigenvalue weighted by atomic mass is 10.3. The third-order valence-electron chi connectivity index (χ3n) is 2.91. The molecule has 0 fully saturated rings. The van der Waals surface area contributed by atoms with E-state index in [4.69, 9.17) is 9.72 Å². The Kier molecular flexibility index (Phi) is 4.47. The predicted octanol–water partition coefficient (Wildman–Crippen LogP) is 4.24. The minimum absolute atomic E-state index is 0.613. The molecule has 3 nitrogen and oxygen atoms in total. The van der Waals surface area contributed by atoms with Gasteiger partial charge in [0.15, 0.2) is 0 Å². The monoisotopic (exact) mass is 304 g/mol. The molecule has 104 valence electrons. The van der Waals surface area contributed by atoms with E-state index in [0.29, 0.717) is 12.5 Å². The Balaban J connectivity index is 1.87. The molecule has 0 saturated carbocycles. The minimum atomic E-state index is 0.613. The SMILES string of the molecule is CCOc1nc2ccccc2nc1CSC1=CCCS1. The number of rotatable bonds is 5. The van der Waals surface area contributed by atoms with E-state index in [2.05, 4.69) is 11.1 Å². The van der Waals surface area contributed by atoms with Gasteiger partial charge >= 0.3 is 0 Å². The smallest absolute Gasteiger partial charge is 0.237 e. The molecular weight excluding hydrogens is 288 g/mol. The fourth-order valence-corrected chi connectivity index (χ4v) is 4.14. The first-order chi connectivity index (χ1) is 9.86. The molecule has 1 aromatic carbocycles. The van der Waals surface area contributed by atoms with E-state index in [1.54, 1.807) is 0 Å². The highest BCUT2D eigenvalue weighted by atomic mass is 32.2. The summed E-state index contributed by atoms with van der Waals surface area (Å²) in [5.41, 5.74) is 2.75. The lowest BCUT2D eigenvalue weighted by Crippen LogP contribution is -2.02. The molecule has 1 aliphatic heterocycles. The highest BCUT2D eigenvalue weighted by Gasteiger charge is 2.12. The van der Waals surface area contributed by atoms with Crippen molar-refractivity contribution in [1.29, 1.82) is 0 Å². The zero-order valence-corrected chi connectivity index (χ0v) is 13.0. The van der Waals surface area contributed by atoms with Crippen molar-refractivity contribution in [3.8, 4) is 5.88 Å². The maximum Gasteiger partial charge on any atom is 0.237 e. The fraction of sp³-hybridized carbons (Fsp3) is 0.333. The lowest BCUT2D eigenvalue weighted by molar-refractivity contribution is 0.323. The van der Waals surface area contributed by atoms with Gasteiger partial charge < -0.3 is 4.74 Å². The van der Waals surface area contributed by atoms with E-state index in [1.807, 2.05) is 54.7 Å².